The molecule has 0 spiro atoms. The molecule has 1 aliphatic carbocycles. The van der Waals surface area contributed by atoms with Gasteiger partial charge in [0, 0.05) is 0 Å². The summed E-state index contributed by atoms with van der Waals surface area (Å²) < 4.78 is 11.1. The van der Waals surface area contributed by atoms with Crippen molar-refractivity contribution in [2.75, 3.05) is 13.2 Å². The molecule has 3 N–H and O–H groups in total. The van der Waals surface area contributed by atoms with E-state index < -0.39 is 5.54 Å². The molecule has 1 unspecified atom stereocenters. The van der Waals surface area contributed by atoms with E-state index in [-0.39, 0.29) is 11.9 Å². The van der Waals surface area contributed by atoms with Crippen molar-refractivity contribution in [1.82, 2.24) is 5.32 Å². The van der Waals surface area contributed by atoms with Crippen LogP contribution in [0.5, 0.6) is 11.5 Å². The van der Waals surface area contributed by atoms with Crippen LogP contribution in [0.4, 0.5) is 0 Å². The van der Waals surface area contributed by atoms with E-state index in [0.29, 0.717) is 19.0 Å². The third-order valence-corrected chi connectivity index (χ3v) is 3.66. The number of ether oxygens (including phenoxy) is 2. The number of amides is 1. The highest BCUT2D eigenvalue weighted by molar-refractivity contribution is 5.89. The number of hydrogen-bond donors (Lipinski definition) is 2. The van der Waals surface area contributed by atoms with Crippen LogP contribution in [0.1, 0.15) is 45.2 Å². The summed E-state index contributed by atoms with van der Waals surface area (Å²) in [4.78, 5) is 12.0. The first-order valence-corrected chi connectivity index (χ1v) is 7.49. The number of carbonyl (C=O) groups excluding carboxylic acids is 1. The standard InChI is InChI=1S/C16H24N2O3/c1-4-20-13-7-6-12(10-14(13)21-5-2)11(3)18-15(19)16(17)8-9-16/h6-7,10-11H,4-5,8-9,17H2,1-3H3,(H,18,19). The Morgan fingerprint density at radius 3 is 2.48 bits per heavy atom. The van der Waals surface area contributed by atoms with Crippen molar-refractivity contribution in [2.24, 2.45) is 5.73 Å². The highest BCUT2D eigenvalue weighted by atomic mass is 16.5. The zero-order valence-corrected chi connectivity index (χ0v) is 12.9. The summed E-state index contributed by atoms with van der Waals surface area (Å²) in [6, 6.07) is 5.61. The van der Waals surface area contributed by atoms with Crippen molar-refractivity contribution >= 4 is 5.91 Å². The lowest BCUT2D eigenvalue weighted by Crippen LogP contribution is -2.43. The highest BCUT2D eigenvalue weighted by Gasteiger charge is 2.46. The largest absolute Gasteiger partial charge is 0.490 e. The molecule has 0 bridgehead atoms. The van der Waals surface area contributed by atoms with Crippen molar-refractivity contribution < 1.29 is 14.3 Å². The van der Waals surface area contributed by atoms with Crippen LogP contribution >= 0.6 is 0 Å². The Bertz CT molecular complexity index is 512. The molecule has 0 radical (unpaired) electrons. The maximum absolute atomic E-state index is 12.0. The third kappa shape index (κ3) is 3.67. The van der Waals surface area contributed by atoms with Gasteiger partial charge < -0.3 is 20.5 Å². The summed E-state index contributed by atoms with van der Waals surface area (Å²) in [6.45, 7) is 6.95. The Labute approximate surface area is 125 Å². The third-order valence-electron chi connectivity index (χ3n) is 3.66. The highest BCUT2D eigenvalue weighted by Crippen LogP contribution is 2.34. The molecule has 5 heteroatoms. The first kappa shape index (κ1) is 15.6. The van der Waals surface area contributed by atoms with Crippen molar-refractivity contribution in [3.8, 4) is 11.5 Å². The molecule has 21 heavy (non-hydrogen) atoms. The lowest BCUT2D eigenvalue weighted by atomic mass is 10.1. The van der Waals surface area contributed by atoms with Crippen LogP contribution in [-0.2, 0) is 4.79 Å². The molecular formula is C16H24N2O3. The van der Waals surface area contributed by atoms with Crippen LogP contribution < -0.4 is 20.5 Å². The van der Waals surface area contributed by atoms with Gasteiger partial charge in [-0.15, -0.1) is 0 Å². The van der Waals surface area contributed by atoms with Crippen LogP contribution in [0.15, 0.2) is 18.2 Å². The van der Waals surface area contributed by atoms with E-state index in [2.05, 4.69) is 5.32 Å². The van der Waals surface area contributed by atoms with E-state index >= 15 is 0 Å². The fourth-order valence-electron chi connectivity index (χ4n) is 2.12. The Balaban J connectivity index is 2.11. The average Bonchev–Trinajstić information content (AvgIpc) is 3.20. The molecule has 0 saturated heterocycles. The SMILES string of the molecule is CCOc1ccc(C(C)NC(=O)C2(N)CC2)cc1OCC. The van der Waals surface area contributed by atoms with Crippen LogP contribution in [0.2, 0.25) is 0 Å². The number of hydrogen-bond acceptors (Lipinski definition) is 4. The molecule has 1 aromatic carbocycles. The minimum absolute atomic E-state index is 0.0816. The van der Waals surface area contributed by atoms with E-state index in [0.717, 1.165) is 24.2 Å². The topological polar surface area (TPSA) is 73.6 Å². The van der Waals surface area contributed by atoms with Gasteiger partial charge in [0.2, 0.25) is 5.91 Å². The molecule has 1 atom stereocenters. The van der Waals surface area contributed by atoms with Gasteiger partial charge in [0.25, 0.3) is 0 Å². The second kappa shape index (κ2) is 6.35. The minimum Gasteiger partial charge on any atom is -0.490 e. The number of nitrogens with one attached hydrogen (secondary N) is 1. The predicted octanol–water partition coefficient (Wildman–Crippen LogP) is 2.15. The van der Waals surface area contributed by atoms with Crippen LogP contribution in [0.3, 0.4) is 0 Å². The molecule has 1 fully saturated rings. The van der Waals surface area contributed by atoms with Gasteiger partial charge in [0.1, 0.15) is 0 Å². The van der Waals surface area contributed by atoms with Crippen molar-refractivity contribution in [1.29, 1.82) is 0 Å². The Hall–Kier alpha value is -1.75. The van der Waals surface area contributed by atoms with Gasteiger partial charge in [-0.1, -0.05) is 6.07 Å². The quantitative estimate of drug-likeness (QED) is 0.807. The average molecular weight is 292 g/mol. The van der Waals surface area contributed by atoms with Gasteiger partial charge >= 0.3 is 0 Å². The van der Waals surface area contributed by atoms with Gasteiger partial charge in [-0.2, -0.15) is 0 Å². The van der Waals surface area contributed by atoms with Gasteiger partial charge in [-0.25, -0.2) is 0 Å². The van der Waals surface area contributed by atoms with Gasteiger partial charge in [0.15, 0.2) is 11.5 Å². The fourth-order valence-corrected chi connectivity index (χ4v) is 2.12. The second-order valence-electron chi connectivity index (χ2n) is 5.42. The molecule has 1 amide bonds. The number of carbonyl (C=O) groups is 1. The molecule has 0 aromatic heterocycles. The molecule has 0 heterocycles. The Morgan fingerprint density at radius 2 is 1.90 bits per heavy atom. The maximum atomic E-state index is 12.0. The summed E-state index contributed by atoms with van der Waals surface area (Å²) in [7, 11) is 0. The lowest BCUT2D eigenvalue weighted by molar-refractivity contribution is -0.123. The molecule has 5 nitrogen and oxygen atoms in total. The Kier molecular flexibility index (Phi) is 4.73. The first-order valence-electron chi connectivity index (χ1n) is 7.49. The first-order chi connectivity index (χ1) is 10.00. The van der Waals surface area contributed by atoms with E-state index in [1.165, 1.54) is 0 Å². The fraction of sp³-hybridized carbons (Fsp3) is 0.562. The molecule has 116 valence electrons. The predicted molar refractivity (Wildman–Crippen MR) is 81.5 cm³/mol. The van der Waals surface area contributed by atoms with E-state index in [4.69, 9.17) is 15.2 Å². The van der Waals surface area contributed by atoms with Crippen molar-refractivity contribution in [3.05, 3.63) is 23.8 Å². The van der Waals surface area contributed by atoms with Crippen LogP contribution in [0.25, 0.3) is 0 Å². The second-order valence-corrected chi connectivity index (χ2v) is 5.42. The van der Waals surface area contributed by atoms with E-state index in [1.54, 1.807) is 0 Å². The van der Waals surface area contributed by atoms with Crippen molar-refractivity contribution in [2.45, 2.75) is 45.2 Å². The zero-order chi connectivity index (χ0) is 15.5. The van der Waals surface area contributed by atoms with E-state index in [9.17, 15) is 4.79 Å². The Morgan fingerprint density at radius 1 is 1.29 bits per heavy atom. The van der Waals surface area contributed by atoms with Crippen LogP contribution in [-0.4, -0.2) is 24.7 Å². The van der Waals surface area contributed by atoms with Gasteiger partial charge in [0.05, 0.1) is 24.8 Å². The van der Waals surface area contributed by atoms with Gasteiger partial charge in [-0.3, -0.25) is 4.79 Å². The van der Waals surface area contributed by atoms with Crippen LogP contribution in [0, 0.1) is 0 Å². The normalized spacial score (nSPS) is 17.0. The van der Waals surface area contributed by atoms with E-state index in [1.807, 2.05) is 39.0 Å². The molecule has 1 saturated carbocycles. The molecule has 2 rings (SSSR count). The molecular weight excluding hydrogens is 268 g/mol. The number of benzene rings is 1. The smallest absolute Gasteiger partial charge is 0.240 e. The van der Waals surface area contributed by atoms with Gasteiger partial charge in [-0.05, 0) is 51.3 Å². The molecule has 1 aliphatic rings. The van der Waals surface area contributed by atoms with Crippen molar-refractivity contribution in [3.63, 3.8) is 0 Å². The monoisotopic (exact) mass is 292 g/mol. The number of rotatable bonds is 7. The summed E-state index contributed by atoms with van der Waals surface area (Å²) in [6.07, 6.45) is 1.53. The summed E-state index contributed by atoms with van der Waals surface area (Å²) in [5, 5.41) is 2.96. The lowest BCUT2D eigenvalue weighted by Gasteiger charge is -2.19. The summed E-state index contributed by atoms with van der Waals surface area (Å²) in [5.41, 5.74) is 6.22. The summed E-state index contributed by atoms with van der Waals surface area (Å²) >= 11 is 0. The zero-order valence-electron chi connectivity index (χ0n) is 12.9. The number of nitrogens with two attached hydrogens (primary N) is 1. The minimum atomic E-state index is -0.651. The maximum Gasteiger partial charge on any atom is 0.240 e. The molecule has 0 aliphatic heterocycles. The summed E-state index contributed by atoms with van der Waals surface area (Å²) in [5.74, 6) is 1.34. The molecule has 1 aromatic rings.